The Hall–Kier alpha value is -3.99. The maximum atomic E-state index is 11.5. The summed E-state index contributed by atoms with van der Waals surface area (Å²) in [7, 11) is 0. The Morgan fingerprint density at radius 2 is 1.43 bits per heavy atom. The number of carboxylic acid groups (broad SMARTS) is 1. The molecule has 0 atom stereocenters. The third-order valence-corrected chi connectivity index (χ3v) is 4.37. The molecule has 1 N–H and O–H groups in total. The zero-order chi connectivity index (χ0) is 19.3. The van der Waals surface area contributed by atoms with Crippen LogP contribution in [0.15, 0.2) is 107 Å². The van der Waals surface area contributed by atoms with Crippen LogP contribution in [0, 0.1) is 0 Å². The lowest BCUT2D eigenvalue weighted by molar-refractivity contribution is 0.0697. The zero-order valence-electron chi connectivity index (χ0n) is 14.9. The molecular weight excluding hydrogens is 350 g/mol. The van der Waals surface area contributed by atoms with Gasteiger partial charge in [-0.2, -0.15) is 0 Å². The molecule has 4 aromatic rings. The van der Waals surface area contributed by atoms with E-state index >= 15 is 0 Å². The van der Waals surface area contributed by atoms with Crippen molar-refractivity contribution in [2.75, 3.05) is 5.01 Å². The number of nitrogens with zero attached hydrogens (tertiary/aromatic N) is 3. The summed E-state index contributed by atoms with van der Waals surface area (Å²) in [6, 6.07) is 30.2. The lowest BCUT2D eigenvalue weighted by Gasteiger charge is -2.20. The summed E-state index contributed by atoms with van der Waals surface area (Å²) < 4.78 is 0. The number of fused-ring (bicyclic) bond motifs is 1. The molecule has 0 amide bonds. The summed E-state index contributed by atoms with van der Waals surface area (Å²) in [5.74, 6) is -1.04. The molecule has 5 heteroatoms. The maximum Gasteiger partial charge on any atom is 0.337 e. The van der Waals surface area contributed by atoms with Gasteiger partial charge in [0.05, 0.1) is 16.9 Å². The number of hydrogen-bond donors (Lipinski definition) is 1. The van der Waals surface area contributed by atoms with Crippen LogP contribution >= 0.6 is 0 Å². The maximum absolute atomic E-state index is 11.5. The first-order valence-corrected chi connectivity index (χ1v) is 8.81. The number of carboxylic acids is 1. The quantitative estimate of drug-likeness (QED) is 0.329. The molecule has 0 aromatic heterocycles. The summed E-state index contributed by atoms with van der Waals surface area (Å²) >= 11 is 0. The van der Waals surface area contributed by atoms with Crippen LogP contribution in [0.4, 0.5) is 17.1 Å². The number of hydrogen-bond acceptors (Lipinski definition) is 3. The smallest absolute Gasteiger partial charge is 0.337 e. The van der Waals surface area contributed by atoms with Crippen molar-refractivity contribution in [3.8, 4) is 0 Å². The topological polar surface area (TPSA) is 65.3 Å². The van der Waals surface area contributed by atoms with Gasteiger partial charge < -0.3 is 5.11 Å². The summed E-state index contributed by atoms with van der Waals surface area (Å²) in [6.07, 6.45) is 0. The van der Waals surface area contributed by atoms with Crippen LogP contribution in [0.5, 0.6) is 0 Å². The van der Waals surface area contributed by atoms with Gasteiger partial charge >= 0.3 is 5.97 Å². The fourth-order valence-corrected chi connectivity index (χ4v) is 3.04. The molecule has 0 heterocycles. The monoisotopic (exact) mass is 367 g/mol. The van der Waals surface area contributed by atoms with E-state index in [0.717, 1.165) is 22.1 Å². The molecule has 0 aliphatic carbocycles. The van der Waals surface area contributed by atoms with Crippen LogP contribution in [0.25, 0.3) is 10.8 Å². The number of aromatic carboxylic acids is 1. The summed E-state index contributed by atoms with van der Waals surface area (Å²) in [6.45, 7) is 0. The molecule has 0 saturated heterocycles. The number of anilines is 2. The van der Waals surface area contributed by atoms with E-state index in [1.165, 1.54) is 6.07 Å². The fraction of sp³-hybridized carbons (Fsp3) is 0. The van der Waals surface area contributed by atoms with E-state index < -0.39 is 5.97 Å². The molecule has 4 aromatic carbocycles. The average Bonchev–Trinajstić information content (AvgIpc) is 2.75. The SMILES string of the molecule is O=C(O)c1ccccc1N=NN(c1ccccc1)c1cccc2ccccc12. The zero-order valence-corrected chi connectivity index (χ0v) is 14.9. The Balaban J connectivity index is 1.85. The van der Waals surface area contributed by atoms with Gasteiger partial charge in [0.25, 0.3) is 0 Å². The molecule has 0 radical (unpaired) electrons. The standard InChI is InChI=1S/C23H17N3O2/c27-23(28)20-14-6-7-15-21(20)24-25-26(18-11-2-1-3-12-18)22-16-8-10-17-9-4-5-13-19(17)22/h1-16H,(H,27,28). The Labute approximate surface area is 162 Å². The second-order valence-corrected chi connectivity index (χ2v) is 6.16. The summed E-state index contributed by atoms with van der Waals surface area (Å²) in [4.78, 5) is 11.5. The fourth-order valence-electron chi connectivity index (χ4n) is 3.04. The van der Waals surface area contributed by atoms with E-state index in [9.17, 15) is 9.90 Å². The highest BCUT2D eigenvalue weighted by molar-refractivity contribution is 5.96. The van der Waals surface area contributed by atoms with Gasteiger partial charge in [-0.15, -0.1) is 5.11 Å². The minimum Gasteiger partial charge on any atom is -0.478 e. The van der Waals surface area contributed by atoms with Gasteiger partial charge in [-0.25, -0.2) is 9.80 Å². The second kappa shape index (κ2) is 7.72. The molecule has 4 rings (SSSR count). The highest BCUT2D eigenvalue weighted by Gasteiger charge is 2.13. The van der Waals surface area contributed by atoms with Gasteiger partial charge in [-0.1, -0.05) is 72.0 Å². The molecule has 0 unspecified atom stereocenters. The van der Waals surface area contributed by atoms with Crippen molar-refractivity contribution in [1.82, 2.24) is 0 Å². The van der Waals surface area contributed by atoms with Crippen LogP contribution in [0.2, 0.25) is 0 Å². The molecular formula is C23H17N3O2. The van der Waals surface area contributed by atoms with E-state index in [1.54, 1.807) is 23.2 Å². The molecule has 0 spiro atoms. The van der Waals surface area contributed by atoms with Crippen molar-refractivity contribution in [3.05, 3.63) is 103 Å². The van der Waals surface area contributed by atoms with Crippen molar-refractivity contribution in [2.24, 2.45) is 10.3 Å². The summed E-state index contributed by atoms with van der Waals surface area (Å²) in [5.41, 5.74) is 2.10. The van der Waals surface area contributed by atoms with E-state index in [4.69, 9.17) is 0 Å². The molecule has 0 aliphatic heterocycles. The van der Waals surface area contributed by atoms with Crippen LogP contribution in [0.3, 0.4) is 0 Å². The Bertz CT molecular complexity index is 1150. The third kappa shape index (κ3) is 3.46. The first-order valence-electron chi connectivity index (χ1n) is 8.81. The largest absolute Gasteiger partial charge is 0.478 e. The van der Waals surface area contributed by atoms with Gasteiger partial charge in [0.1, 0.15) is 5.69 Å². The Morgan fingerprint density at radius 1 is 0.750 bits per heavy atom. The van der Waals surface area contributed by atoms with Gasteiger partial charge in [0.15, 0.2) is 0 Å². The lowest BCUT2D eigenvalue weighted by atomic mass is 10.1. The molecule has 0 bridgehead atoms. The van der Waals surface area contributed by atoms with Crippen molar-refractivity contribution in [1.29, 1.82) is 0 Å². The second-order valence-electron chi connectivity index (χ2n) is 6.16. The number of carbonyl (C=O) groups is 1. The van der Waals surface area contributed by atoms with Crippen molar-refractivity contribution in [2.45, 2.75) is 0 Å². The van der Waals surface area contributed by atoms with Gasteiger partial charge in [-0.05, 0) is 35.7 Å². The van der Waals surface area contributed by atoms with Gasteiger partial charge in [0.2, 0.25) is 0 Å². The van der Waals surface area contributed by atoms with Crippen LogP contribution in [-0.2, 0) is 0 Å². The number of rotatable bonds is 5. The average molecular weight is 367 g/mol. The molecule has 0 fully saturated rings. The molecule has 136 valence electrons. The lowest BCUT2D eigenvalue weighted by Crippen LogP contribution is -2.08. The third-order valence-electron chi connectivity index (χ3n) is 4.37. The highest BCUT2D eigenvalue weighted by atomic mass is 16.4. The van der Waals surface area contributed by atoms with Gasteiger partial charge in [0, 0.05) is 5.39 Å². The molecule has 0 aliphatic rings. The van der Waals surface area contributed by atoms with Crippen LogP contribution < -0.4 is 5.01 Å². The molecule has 0 saturated carbocycles. The van der Waals surface area contributed by atoms with E-state index in [0.29, 0.717) is 5.69 Å². The molecule has 5 nitrogen and oxygen atoms in total. The van der Waals surface area contributed by atoms with Gasteiger partial charge in [-0.3, -0.25) is 0 Å². The highest BCUT2D eigenvalue weighted by Crippen LogP contribution is 2.33. The van der Waals surface area contributed by atoms with Crippen molar-refractivity contribution < 1.29 is 9.90 Å². The summed E-state index contributed by atoms with van der Waals surface area (Å²) in [5, 5.41) is 21.9. The molecule has 28 heavy (non-hydrogen) atoms. The van der Waals surface area contributed by atoms with E-state index in [2.05, 4.69) is 10.3 Å². The van der Waals surface area contributed by atoms with Crippen LogP contribution in [0.1, 0.15) is 10.4 Å². The minimum absolute atomic E-state index is 0.109. The van der Waals surface area contributed by atoms with Crippen LogP contribution in [-0.4, -0.2) is 11.1 Å². The van der Waals surface area contributed by atoms with E-state index in [-0.39, 0.29) is 5.56 Å². The van der Waals surface area contributed by atoms with Crippen molar-refractivity contribution >= 4 is 33.8 Å². The first kappa shape index (κ1) is 17.4. The number of para-hydroxylation sites is 1. The Kier molecular flexibility index (Phi) is 4.80. The predicted octanol–water partition coefficient (Wildman–Crippen LogP) is 6.38. The Morgan fingerprint density at radius 3 is 2.25 bits per heavy atom. The number of benzene rings is 4. The normalized spacial score (nSPS) is 11.0. The predicted molar refractivity (Wildman–Crippen MR) is 110 cm³/mol. The minimum atomic E-state index is -1.04. The van der Waals surface area contributed by atoms with Crippen molar-refractivity contribution in [3.63, 3.8) is 0 Å². The van der Waals surface area contributed by atoms with E-state index in [1.807, 2.05) is 72.8 Å². The first-order chi connectivity index (χ1) is 13.7.